The molecule has 0 atom stereocenters. The molecule has 3 N–H and O–H groups in total. The molecule has 0 bridgehead atoms. The van der Waals surface area contributed by atoms with E-state index in [2.05, 4.69) is 10.3 Å². The van der Waals surface area contributed by atoms with Crippen molar-refractivity contribution >= 4 is 23.2 Å². The number of carbonyl (C=O) groups excluding carboxylic acids is 2. The van der Waals surface area contributed by atoms with Crippen molar-refractivity contribution in [1.29, 1.82) is 0 Å². The fourth-order valence-electron chi connectivity index (χ4n) is 3.46. The second kappa shape index (κ2) is 4.66. The molecule has 5 heteroatoms. The predicted molar refractivity (Wildman–Crippen MR) is 83.0 cm³/mol. The number of fused-ring (bicyclic) bond motifs is 2. The number of allylic oxidation sites excluding steroid dienone is 1. The Morgan fingerprint density at radius 3 is 2.64 bits per heavy atom. The number of benzene rings is 1. The Kier molecular flexibility index (Phi) is 2.76. The summed E-state index contributed by atoms with van der Waals surface area (Å²) in [6.07, 6.45) is 1.61. The number of hydrogen-bond acceptors (Lipinski definition) is 3. The molecule has 110 valence electrons. The normalized spacial score (nSPS) is 23.9. The highest BCUT2D eigenvalue weighted by molar-refractivity contribution is 6.16. The van der Waals surface area contributed by atoms with Crippen molar-refractivity contribution in [3.05, 3.63) is 52.1 Å². The summed E-state index contributed by atoms with van der Waals surface area (Å²) in [4.78, 5) is 28.3. The molecule has 0 aromatic heterocycles. The van der Waals surface area contributed by atoms with Gasteiger partial charge < -0.3 is 11.1 Å². The van der Waals surface area contributed by atoms with E-state index in [0.717, 1.165) is 27.8 Å². The van der Waals surface area contributed by atoms with E-state index < -0.39 is 0 Å². The van der Waals surface area contributed by atoms with Crippen LogP contribution in [0.15, 0.2) is 46.0 Å². The maximum atomic E-state index is 12.3. The molecule has 2 heterocycles. The molecule has 22 heavy (non-hydrogen) atoms. The van der Waals surface area contributed by atoms with E-state index in [9.17, 15) is 9.59 Å². The molecule has 0 fully saturated rings. The largest absolute Gasteiger partial charge is 0.387 e. The van der Waals surface area contributed by atoms with E-state index in [0.29, 0.717) is 37.2 Å². The van der Waals surface area contributed by atoms with Crippen LogP contribution in [0, 0.1) is 0 Å². The zero-order valence-corrected chi connectivity index (χ0v) is 12.0. The third-order valence-electron chi connectivity index (χ3n) is 4.42. The van der Waals surface area contributed by atoms with E-state index in [1.54, 1.807) is 0 Å². The average Bonchev–Trinajstić information content (AvgIpc) is 2.99. The molecule has 5 nitrogen and oxygen atoms in total. The number of nitrogens with two attached hydrogens (primary N) is 1. The molecule has 0 saturated carbocycles. The maximum Gasteiger partial charge on any atom is 0.275 e. The van der Waals surface area contributed by atoms with Gasteiger partial charge in [-0.15, -0.1) is 0 Å². The minimum atomic E-state index is -0.266. The van der Waals surface area contributed by atoms with Gasteiger partial charge in [0.05, 0.1) is 0 Å². The Bertz CT molecular complexity index is 815. The Hall–Kier alpha value is -2.69. The molecule has 3 aliphatic rings. The summed E-state index contributed by atoms with van der Waals surface area (Å²) in [5, 5.41) is 2.92. The molecule has 4 rings (SSSR count). The van der Waals surface area contributed by atoms with Crippen LogP contribution in [-0.2, 0) is 16.0 Å². The highest BCUT2D eigenvalue weighted by Gasteiger charge is 2.33. The third-order valence-corrected chi connectivity index (χ3v) is 4.42. The first-order chi connectivity index (χ1) is 10.6. The molecular weight excluding hydrogens is 278 g/mol. The second-order valence-corrected chi connectivity index (χ2v) is 5.74. The number of hydrogen-bond donors (Lipinski definition) is 2. The van der Waals surface area contributed by atoms with Gasteiger partial charge >= 0.3 is 0 Å². The fourth-order valence-corrected chi connectivity index (χ4v) is 3.46. The van der Waals surface area contributed by atoms with Crippen LogP contribution in [0.5, 0.6) is 0 Å². The van der Waals surface area contributed by atoms with Crippen LogP contribution < -0.4 is 11.1 Å². The number of aliphatic imine (C=N–C) groups is 1. The van der Waals surface area contributed by atoms with Crippen LogP contribution in [0.3, 0.4) is 0 Å². The van der Waals surface area contributed by atoms with Crippen LogP contribution in [0.25, 0.3) is 5.57 Å². The van der Waals surface area contributed by atoms with E-state index >= 15 is 0 Å². The summed E-state index contributed by atoms with van der Waals surface area (Å²) in [7, 11) is 0. The lowest BCUT2D eigenvalue weighted by Gasteiger charge is -2.12. The number of amidine groups is 1. The van der Waals surface area contributed by atoms with Crippen molar-refractivity contribution in [2.45, 2.75) is 19.3 Å². The zero-order chi connectivity index (χ0) is 15.3. The molecular formula is C17H15N3O2. The van der Waals surface area contributed by atoms with Crippen LogP contribution in [-0.4, -0.2) is 24.2 Å². The lowest BCUT2D eigenvalue weighted by molar-refractivity contribution is -0.117. The maximum absolute atomic E-state index is 12.3. The van der Waals surface area contributed by atoms with Gasteiger partial charge in [-0.25, -0.2) is 0 Å². The molecule has 2 aliphatic heterocycles. The Morgan fingerprint density at radius 2 is 1.86 bits per heavy atom. The van der Waals surface area contributed by atoms with Crippen LogP contribution in [0.1, 0.15) is 24.0 Å². The molecule has 0 spiro atoms. The van der Waals surface area contributed by atoms with E-state index in [1.807, 2.05) is 24.3 Å². The fraction of sp³-hybridized carbons (Fsp3) is 0.235. The summed E-state index contributed by atoms with van der Waals surface area (Å²) < 4.78 is 0. The van der Waals surface area contributed by atoms with Gasteiger partial charge in [0.15, 0.2) is 0 Å². The lowest BCUT2D eigenvalue weighted by Crippen LogP contribution is -2.24. The standard InChI is InChI=1S/C17H15N3O2/c18-14-8-12(17(22)20-14)11-5-6-19-16(21)13-7-9-3-1-2-4-10(9)15(11)13/h1-4H,5-8H2,(H,19,21)(H2,18,20,22)/b12-11+. The van der Waals surface area contributed by atoms with Crippen molar-refractivity contribution in [2.75, 3.05) is 6.54 Å². The quantitative estimate of drug-likeness (QED) is 0.702. The highest BCUT2D eigenvalue weighted by Crippen LogP contribution is 2.42. The van der Waals surface area contributed by atoms with Gasteiger partial charge in [-0.1, -0.05) is 24.3 Å². The summed E-state index contributed by atoms with van der Waals surface area (Å²) in [6.45, 7) is 0.528. The van der Waals surface area contributed by atoms with E-state index in [-0.39, 0.29) is 11.8 Å². The molecule has 0 saturated heterocycles. The number of nitrogens with one attached hydrogen (secondary N) is 1. The van der Waals surface area contributed by atoms with Gasteiger partial charge in [0.2, 0.25) is 5.91 Å². The van der Waals surface area contributed by atoms with Crippen LogP contribution in [0.2, 0.25) is 0 Å². The van der Waals surface area contributed by atoms with Crippen molar-refractivity contribution in [1.82, 2.24) is 5.32 Å². The van der Waals surface area contributed by atoms with Gasteiger partial charge in [0.25, 0.3) is 5.91 Å². The minimum Gasteiger partial charge on any atom is -0.387 e. The summed E-state index contributed by atoms with van der Waals surface area (Å²) in [5.74, 6) is 0.0451. The van der Waals surface area contributed by atoms with Crippen LogP contribution >= 0.6 is 0 Å². The van der Waals surface area contributed by atoms with E-state index in [1.165, 1.54) is 0 Å². The number of rotatable bonds is 0. The van der Waals surface area contributed by atoms with Gasteiger partial charge in [-0.2, -0.15) is 4.99 Å². The summed E-state index contributed by atoms with van der Waals surface area (Å²) in [5.41, 5.74) is 11.1. The van der Waals surface area contributed by atoms with Gasteiger partial charge in [-0.05, 0) is 28.7 Å². The van der Waals surface area contributed by atoms with Gasteiger partial charge in [0.1, 0.15) is 5.84 Å². The zero-order valence-electron chi connectivity index (χ0n) is 12.0. The van der Waals surface area contributed by atoms with Crippen molar-refractivity contribution in [2.24, 2.45) is 10.7 Å². The molecule has 1 aromatic carbocycles. The number of carbonyl (C=O) groups is 2. The Labute approximate surface area is 127 Å². The van der Waals surface area contributed by atoms with E-state index in [4.69, 9.17) is 5.73 Å². The Morgan fingerprint density at radius 1 is 1.05 bits per heavy atom. The number of nitrogens with zero attached hydrogens (tertiary/aromatic N) is 1. The van der Waals surface area contributed by atoms with Crippen LogP contribution in [0.4, 0.5) is 0 Å². The highest BCUT2D eigenvalue weighted by atomic mass is 16.2. The SMILES string of the molecule is NC1=NC(=O)/C(=C2\CCNC(=O)C3=C2c2ccccc2C3)C1. The van der Waals surface area contributed by atoms with Gasteiger partial charge in [-0.3, -0.25) is 9.59 Å². The van der Waals surface area contributed by atoms with Crippen molar-refractivity contribution in [3.63, 3.8) is 0 Å². The first-order valence-electron chi connectivity index (χ1n) is 7.34. The molecule has 0 radical (unpaired) electrons. The smallest absolute Gasteiger partial charge is 0.275 e. The molecule has 1 aliphatic carbocycles. The minimum absolute atomic E-state index is 0.0406. The topological polar surface area (TPSA) is 84.5 Å². The summed E-state index contributed by atoms with van der Waals surface area (Å²) >= 11 is 0. The predicted octanol–water partition coefficient (Wildman–Crippen LogP) is 1.10. The molecule has 2 amide bonds. The van der Waals surface area contributed by atoms with Crippen molar-refractivity contribution in [3.8, 4) is 0 Å². The van der Waals surface area contributed by atoms with Crippen molar-refractivity contribution < 1.29 is 9.59 Å². The lowest BCUT2D eigenvalue weighted by atomic mass is 9.90. The molecule has 1 aromatic rings. The molecule has 0 unspecified atom stereocenters. The second-order valence-electron chi connectivity index (χ2n) is 5.74. The van der Waals surface area contributed by atoms with Gasteiger partial charge in [0, 0.05) is 30.5 Å². The third kappa shape index (κ3) is 1.82. The number of amides is 2. The Balaban J connectivity index is 1.95. The first kappa shape index (κ1) is 13.0. The monoisotopic (exact) mass is 293 g/mol. The first-order valence-corrected chi connectivity index (χ1v) is 7.34. The average molecular weight is 293 g/mol. The summed E-state index contributed by atoms with van der Waals surface area (Å²) in [6, 6.07) is 7.97.